The van der Waals surface area contributed by atoms with E-state index in [1.165, 1.54) is 37.2 Å². The minimum Gasteiger partial charge on any atom is -0.357 e. The van der Waals surface area contributed by atoms with E-state index in [1.54, 1.807) is 0 Å². The molecular formula is C13H25N3S. The third kappa shape index (κ3) is 5.19. The molecule has 0 radical (unpaired) electrons. The predicted molar refractivity (Wildman–Crippen MR) is 76.8 cm³/mol. The molecule has 0 atom stereocenters. The van der Waals surface area contributed by atoms with Gasteiger partial charge >= 0.3 is 0 Å². The van der Waals surface area contributed by atoms with Gasteiger partial charge in [-0.25, -0.2) is 0 Å². The zero-order valence-electron chi connectivity index (χ0n) is 10.9. The van der Waals surface area contributed by atoms with E-state index in [0.717, 1.165) is 37.4 Å². The minimum atomic E-state index is 0.848. The summed E-state index contributed by atoms with van der Waals surface area (Å²) in [7, 11) is 0. The number of hydrogen-bond acceptors (Lipinski definition) is 2. The molecule has 0 spiro atoms. The van der Waals surface area contributed by atoms with Crippen LogP contribution in [-0.2, 0) is 0 Å². The van der Waals surface area contributed by atoms with Crippen molar-refractivity contribution < 1.29 is 0 Å². The molecule has 2 fully saturated rings. The van der Waals surface area contributed by atoms with Crippen LogP contribution in [0.4, 0.5) is 0 Å². The molecule has 2 rings (SSSR count). The first-order valence-electron chi connectivity index (χ1n) is 6.98. The van der Waals surface area contributed by atoms with Crippen molar-refractivity contribution in [3.63, 3.8) is 0 Å². The molecule has 1 aliphatic heterocycles. The Hall–Kier alpha value is -0.380. The molecule has 17 heavy (non-hydrogen) atoms. The molecule has 4 heteroatoms. The van der Waals surface area contributed by atoms with Crippen LogP contribution in [0.3, 0.4) is 0 Å². The van der Waals surface area contributed by atoms with Crippen LogP contribution in [0.1, 0.15) is 32.6 Å². The van der Waals surface area contributed by atoms with Gasteiger partial charge in [0.15, 0.2) is 5.96 Å². The lowest BCUT2D eigenvalue weighted by molar-refractivity contribution is 0.479. The summed E-state index contributed by atoms with van der Waals surface area (Å²) < 4.78 is 0. The summed E-state index contributed by atoms with van der Waals surface area (Å²) in [4.78, 5) is 4.65. The summed E-state index contributed by atoms with van der Waals surface area (Å²) in [5, 5.41) is 6.84. The number of guanidine groups is 1. The Kier molecular flexibility index (Phi) is 5.49. The lowest BCUT2D eigenvalue weighted by Crippen LogP contribution is -2.40. The lowest BCUT2D eigenvalue weighted by atomic mass is 10.0. The summed E-state index contributed by atoms with van der Waals surface area (Å²) in [6, 6.07) is 0. The molecule has 3 nitrogen and oxygen atoms in total. The van der Waals surface area contributed by atoms with Gasteiger partial charge in [-0.15, -0.1) is 0 Å². The van der Waals surface area contributed by atoms with Crippen LogP contribution < -0.4 is 10.6 Å². The van der Waals surface area contributed by atoms with Crippen LogP contribution in [0.25, 0.3) is 0 Å². The van der Waals surface area contributed by atoms with Crippen LogP contribution in [0.2, 0.25) is 0 Å². The van der Waals surface area contributed by atoms with Crippen LogP contribution >= 0.6 is 11.8 Å². The topological polar surface area (TPSA) is 36.4 Å². The smallest absolute Gasteiger partial charge is 0.191 e. The second-order valence-electron chi connectivity index (χ2n) is 5.10. The monoisotopic (exact) mass is 255 g/mol. The molecule has 0 aromatic heterocycles. The Morgan fingerprint density at radius 2 is 1.88 bits per heavy atom. The summed E-state index contributed by atoms with van der Waals surface area (Å²) in [6.45, 7) is 5.19. The molecule has 1 aliphatic carbocycles. The number of hydrogen-bond donors (Lipinski definition) is 2. The van der Waals surface area contributed by atoms with Crippen molar-refractivity contribution in [2.45, 2.75) is 32.6 Å². The quantitative estimate of drug-likeness (QED) is 0.583. The van der Waals surface area contributed by atoms with Gasteiger partial charge in [-0.2, -0.15) is 11.8 Å². The first-order chi connectivity index (χ1) is 8.38. The van der Waals surface area contributed by atoms with Crippen LogP contribution in [0, 0.1) is 11.8 Å². The fraction of sp³-hybridized carbons (Fsp3) is 0.923. The fourth-order valence-corrected chi connectivity index (χ4v) is 3.26. The van der Waals surface area contributed by atoms with Gasteiger partial charge in [0.1, 0.15) is 0 Å². The van der Waals surface area contributed by atoms with Gasteiger partial charge in [0.05, 0.1) is 0 Å². The first kappa shape index (κ1) is 13.1. The third-order valence-corrected chi connectivity index (χ3v) is 4.50. The van der Waals surface area contributed by atoms with Gasteiger partial charge in [0.25, 0.3) is 0 Å². The highest BCUT2D eigenvalue weighted by Gasteiger charge is 2.20. The highest BCUT2D eigenvalue weighted by molar-refractivity contribution is 7.99. The molecule has 0 amide bonds. The van der Waals surface area contributed by atoms with Crippen molar-refractivity contribution in [2.24, 2.45) is 16.8 Å². The zero-order valence-corrected chi connectivity index (χ0v) is 11.7. The van der Waals surface area contributed by atoms with E-state index in [4.69, 9.17) is 0 Å². The van der Waals surface area contributed by atoms with Crippen LogP contribution in [0.5, 0.6) is 0 Å². The van der Waals surface area contributed by atoms with E-state index in [0.29, 0.717) is 0 Å². The van der Waals surface area contributed by atoms with Crippen molar-refractivity contribution in [1.82, 2.24) is 10.6 Å². The number of nitrogens with one attached hydrogen (secondary N) is 2. The fourth-order valence-electron chi connectivity index (χ4n) is 2.05. The molecule has 0 aromatic rings. The van der Waals surface area contributed by atoms with E-state index in [2.05, 4.69) is 34.3 Å². The Morgan fingerprint density at radius 3 is 2.53 bits per heavy atom. The van der Waals surface area contributed by atoms with Crippen LogP contribution in [-0.4, -0.2) is 37.1 Å². The Labute approximate surface area is 109 Å². The van der Waals surface area contributed by atoms with Gasteiger partial charge in [-0.1, -0.05) is 0 Å². The molecule has 98 valence electrons. The van der Waals surface area contributed by atoms with Gasteiger partial charge in [0.2, 0.25) is 0 Å². The molecule has 2 N–H and O–H groups in total. The molecule has 0 aromatic carbocycles. The Morgan fingerprint density at radius 1 is 1.12 bits per heavy atom. The van der Waals surface area contributed by atoms with E-state index < -0.39 is 0 Å². The van der Waals surface area contributed by atoms with Crippen molar-refractivity contribution in [2.75, 3.05) is 31.1 Å². The number of thioether (sulfide) groups is 1. The second kappa shape index (κ2) is 7.14. The molecular weight excluding hydrogens is 230 g/mol. The Balaban J connectivity index is 1.69. The summed E-state index contributed by atoms with van der Waals surface area (Å²) >= 11 is 2.09. The van der Waals surface area contributed by atoms with Crippen molar-refractivity contribution in [3.8, 4) is 0 Å². The zero-order chi connectivity index (χ0) is 11.9. The van der Waals surface area contributed by atoms with E-state index in [-0.39, 0.29) is 0 Å². The molecule has 0 bridgehead atoms. The Bertz CT molecular complexity index is 245. The normalized spacial score (nSPS) is 22.5. The summed E-state index contributed by atoms with van der Waals surface area (Å²) in [6.07, 6.45) is 5.48. The first-order valence-corrected chi connectivity index (χ1v) is 8.14. The highest BCUT2D eigenvalue weighted by Crippen LogP contribution is 2.28. The largest absolute Gasteiger partial charge is 0.357 e. The molecule has 1 saturated carbocycles. The number of nitrogens with zero attached hydrogens (tertiary/aromatic N) is 1. The maximum absolute atomic E-state index is 4.65. The van der Waals surface area contributed by atoms with Gasteiger partial charge in [0, 0.05) is 19.6 Å². The van der Waals surface area contributed by atoms with Gasteiger partial charge in [-0.3, -0.25) is 4.99 Å². The summed E-state index contributed by atoms with van der Waals surface area (Å²) in [5.74, 6) is 5.42. The highest BCUT2D eigenvalue weighted by atomic mass is 32.2. The standard InChI is InChI=1S/C13H25N3S/c1-2-14-13(15-9-11-3-4-11)16-10-12-5-7-17-8-6-12/h11-12H,2-10H2,1H3,(H2,14,15,16). The average Bonchev–Trinajstić information content (AvgIpc) is 3.18. The van der Waals surface area contributed by atoms with Gasteiger partial charge in [-0.05, 0) is 55.9 Å². The van der Waals surface area contributed by atoms with Crippen molar-refractivity contribution in [1.29, 1.82) is 0 Å². The van der Waals surface area contributed by atoms with E-state index in [1.807, 2.05) is 0 Å². The lowest BCUT2D eigenvalue weighted by Gasteiger charge is -2.22. The van der Waals surface area contributed by atoms with Crippen molar-refractivity contribution >= 4 is 17.7 Å². The SMILES string of the molecule is CCNC(=NCC1CC1)NCC1CCSCC1. The number of rotatable bonds is 5. The molecule has 2 aliphatic rings. The second-order valence-corrected chi connectivity index (χ2v) is 6.32. The van der Waals surface area contributed by atoms with Crippen molar-refractivity contribution in [3.05, 3.63) is 0 Å². The average molecular weight is 255 g/mol. The van der Waals surface area contributed by atoms with Crippen LogP contribution in [0.15, 0.2) is 4.99 Å². The third-order valence-electron chi connectivity index (χ3n) is 3.45. The maximum Gasteiger partial charge on any atom is 0.191 e. The molecule has 1 heterocycles. The molecule has 0 unspecified atom stereocenters. The summed E-state index contributed by atoms with van der Waals surface area (Å²) in [5.41, 5.74) is 0. The van der Waals surface area contributed by atoms with Gasteiger partial charge < -0.3 is 10.6 Å². The minimum absolute atomic E-state index is 0.848. The maximum atomic E-state index is 4.65. The molecule has 1 saturated heterocycles. The van der Waals surface area contributed by atoms with E-state index in [9.17, 15) is 0 Å². The number of aliphatic imine (C=N–C) groups is 1. The van der Waals surface area contributed by atoms with E-state index >= 15 is 0 Å². The predicted octanol–water partition coefficient (Wildman–Crippen LogP) is 2.09.